The SMILES string of the molecule is CCOC(c1noc(CCCNC(C)C)n1)C1CC1. The second-order valence-corrected chi connectivity index (χ2v) is 5.47. The standard InChI is InChI=1S/C14H25N3O2/c1-4-18-13(11-7-8-11)14-16-12(19-17-14)6-5-9-15-10(2)3/h10-11,13,15H,4-9H2,1-3H3. The Morgan fingerprint density at radius 2 is 2.21 bits per heavy atom. The van der Waals surface area contributed by atoms with Crippen LogP contribution in [0.25, 0.3) is 0 Å². The summed E-state index contributed by atoms with van der Waals surface area (Å²) < 4.78 is 11.0. The Morgan fingerprint density at radius 3 is 2.84 bits per heavy atom. The first-order valence-electron chi connectivity index (χ1n) is 7.38. The molecule has 108 valence electrons. The summed E-state index contributed by atoms with van der Waals surface area (Å²) in [5, 5.41) is 7.46. The quantitative estimate of drug-likeness (QED) is 0.697. The molecule has 1 aromatic heterocycles. The Hall–Kier alpha value is -0.940. The maximum absolute atomic E-state index is 5.73. The number of nitrogens with one attached hydrogen (secondary N) is 1. The third-order valence-corrected chi connectivity index (χ3v) is 3.25. The number of rotatable bonds is 9. The number of ether oxygens (including phenoxy) is 1. The normalized spacial score (nSPS) is 17.1. The Balaban J connectivity index is 1.80. The number of nitrogens with zero attached hydrogens (tertiary/aromatic N) is 2. The number of hydrogen-bond acceptors (Lipinski definition) is 5. The molecule has 1 atom stereocenters. The Labute approximate surface area is 115 Å². The minimum atomic E-state index is 0.0382. The lowest BCUT2D eigenvalue weighted by molar-refractivity contribution is 0.0384. The van der Waals surface area contributed by atoms with E-state index in [1.54, 1.807) is 0 Å². The average Bonchev–Trinajstić information content (AvgIpc) is 3.11. The third-order valence-electron chi connectivity index (χ3n) is 3.25. The molecule has 0 aliphatic heterocycles. The van der Waals surface area contributed by atoms with Gasteiger partial charge in [-0.25, -0.2) is 0 Å². The van der Waals surface area contributed by atoms with Gasteiger partial charge in [0, 0.05) is 19.1 Å². The summed E-state index contributed by atoms with van der Waals surface area (Å²) in [4.78, 5) is 4.48. The van der Waals surface area contributed by atoms with E-state index in [0.717, 1.165) is 31.1 Å². The molecule has 1 N–H and O–H groups in total. The van der Waals surface area contributed by atoms with Gasteiger partial charge in [-0.05, 0) is 38.6 Å². The van der Waals surface area contributed by atoms with Crippen LogP contribution < -0.4 is 5.32 Å². The maximum Gasteiger partial charge on any atom is 0.226 e. The Morgan fingerprint density at radius 1 is 1.42 bits per heavy atom. The molecule has 2 rings (SSSR count). The minimum absolute atomic E-state index is 0.0382. The highest BCUT2D eigenvalue weighted by molar-refractivity contribution is 4.98. The van der Waals surface area contributed by atoms with Gasteiger partial charge in [0.15, 0.2) is 0 Å². The fraction of sp³-hybridized carbons (Fsp3) is 0.857. The molecular formula is C14H25N3O2. The summed E-state index contributed by atoms with van der Waals surface area (Å²) in [5.41, 5.74) is 0. The topological polar surface area (TPSA) is 60.2 Å². The summed E-state index contributed by atoms with van der Waals surface area (Å²) in [5.74, 6) is 2.05. The van der Waals surface area contributed by atoms with Crippen LogP contribution in [0.3, 0.4) is 0 Å². The summed E-state index contributed by atoms with van der Waals surface area (Å²) in [7, 11) is 0. The summed E-state index contributed by atoms with van der Waals surface area (Å²) >= 11 is 0. The second-order valence-electron chi connectivity index (χ2n) is 5.47. The van der Waals surface area contributed by atoms with Crippen molar-refractivity contribution in [2.24, 2.45) is 5.92 Å². The molecule has 1 fully saturated rings. The molecule has 5 nitrogen and oxygen atoms in total. The lowest BCUT2D eigenvalue weighted by atomic mass is 10.2. The lowest BCUT2D eigenvalue weighted by Crippen LogP contribution is -2.23. The molecule has 1 aliphatic rings. The van der Waals surface area contributed by atoms with Crippen LogP contribution in [-0.2, 0) is 11.2 Å². The van der Waals surface area contributed by atoms with Crippen LogP contribution in [0.4, 0.5) is 0 Å². The van der Waals surface area contributed by atoms with Gasteiger partial charge < -0.3 is 14.6 Å². The highest BCUT2D eigenvalue weighted by atomic mass is 16.5. The van der Waals surface area contributed by atoms with E-state index in [4.69, 9.17) is 9.26 Å². The zero-order chi connectivity index (χ0) is 13.7. The van der Waals surface area contributed by atoms with Gasteiger partial charge in [0.25, 0.3) is 0 Å². The third kappa shape index (κ3) is 4.58. The van der Waals surface area contributed by atoms with E-state index in [1.807, 2.05) is 6.92 Å². The molecule has 0 spiro atoms. The van der Waals surface area contributed by atoms with Gasteiger partial charge in [-0.15, -0.1) is 0 Å². The Bertz CT molecular complexity index is 375. The van der Waals surface area contributed by atoms with Crippen molar-refractivity contribution >= 4 is 0 Å². The highest BCUT2D eigenvalue weighted by Crippen LogP contribution is 2.42. The van der Waals surface area contributed by atoms with Crippen molar-refractivity contribution in [2.45, 2.75) is 58.6 Å². The van der Waals surface area contributed by atoms with Crippen LogP contribution in [-0.4, -0.2) is 29.3 Å². The van der Waals surface area contributed by atoms with Crippen molar-refractivity contribution in [1.29, 1.82) is 0 Å². The van der Waals surface area contributed by atoms with Gasteiger partial charge in [0.2, 0.25) is 11.7 Å². The van der Waals surface area contributed by atoms with E-state index in [2.05, 4.69) is 29.3 Å². The van der Waals surface area contributed by atoms with Crippen molar-refractivity contribution in [1.82, 2.24) is 15.5 Å². The predicted octanol–water partition coefficient (Wildman–Crippen LogP) is 2.49. The van der Waals surface area contributed by atoms with Crippen molar-refractivity contribution in [2.75, 3.05) is 13.2 Å². The zero-order valence-electron chi connectivity index (χ0n) is 12.2. The summed E-state index contributed by atoms with van der Waals surface area (Å²) in [6.07, 6.45) is 4.31. The van der Waals surface area contributed by atoms with Gasteiger partial charge in [-0.2, -0.15) is 4.98 Å². The minimum Gasteiger partial charge on any atom is -0.370 e. The first-order chi connectivity index (χ1) is 9.20. The number of aryl methyl sites for hydroxylation is 1. The van der Waals surface area contributed by atoms with Crippen molar-refractivity contribution in [3.8, 4) is 0 Å². The van der Waals surface area contributed by atoms with Gasteiger partial charge in [-0.3, -0.25) is 0 Å². The van der Waals surface area contributed by atoms with E-state index in [-0.39, 0.29) is 6.10 Å². The fourth-order valence-corrected chi connectivity index (χ4v) is 2.12. The smallest absolute Gasteiger partial charge is 0.226 e. The van der Waals surface area contributed by atoms with E-state index in [0.29, 0.717) is 18.6 Å². The largest absolute Gasteiger partial charge is 0.370 e. The van der Waals surface area contributed by atoms with Gasteiger partial charge in [0.05, 0.1) is 0 Å². The van der Waals surface area contributed by atoms with Gasteiger partial charge in [0.1, 0.15) is 6.10 Å². The predicted molar refractivity (Wildman–Crippen MR) is 72.8 cm³/mol. The van der Waals surface area contributed by atoms with E-state index in [9.17, 15) is 0 Å². The molecule has 0 saturated heterocycles. The molecule has 1 aromatic rings. The van der Waals surface area contributed by atoms with Gasteiger partial charge in [-0.1, -0.05) is 19.0 Å². The molecule has 0 radical (unpaired) electrons. The van der Waals surface area contributed by atoms with Crippen molar-refractivity contribution in [3.63, 3.8) is 0 Å². The lowest BCUT2D eigenvalue weighted by Gasteiger charge is -2.11. The maximum atomic E-state index is 5.73. The van der Waals surface area contributed by atoms with Crippen LogP contribution in [0.1, 0.15) is 57.9 Å². The first kappa shape index (κ1) is 14.5. The molecule has 1 saturated carbocycles. The molecule has 0 amide bonds. The van der Waals surface area contributed by atoms with E-state index < -0.39 is 0 Å². The monoisotopic (exact) mass is 267 g/mol. The molecule has 5 heteroatoms. The highest BCUT2D eigenvalue weighted by Gasteiger charge is 2.36. The molecule has 1 aliphatic carbocycles. The number of hydrogen-bond donors (Lipinski definition) is 1. The average molecular weight is 267 g/mol. The fourth-order valence-electron chi connectivity index (χ4n) is 2.12. The van der Waals surface area contributed by atoms with Gasteiger partial charge >= 0.3 is 0 Å². The molecule has 0 bridgehead atoms. The molecular weight excluding hydrogens is 242 g/mol. The summed E-state index contributed by atoms with van der Waals surface area (Å²) in [6, 6.07) is 0.524. The zero-order valence-corrected chi connectivity index (χ0v) is 12.2. The van der Waals surface area contributed by atoms with Crippen LogP contribution in [0.2, 0.25) is 0 Å². The van der Waals surface area contributed by atoms with Crippen LogP contribution in [0.5, 0.6) is 0 Å². The van der Waals surface area contributed by atoms with Crippen LogP contribution >= 0.6 is 0 Å². The van der Waals surface area contributed by atoms with Crippen molar-refractivity contribution in [3.05, 3.63) is 11.7 Å². The molecule has 1 unspecified atom stereocenters. The first-order valence-corrected chi connectivity index (χ1v) is 7.38. The molecule has 0 aromatic carbocycles. The Kier molecular flexibility index (Phi) is 5.34. The second kappa shape index (κ2) is 7.01. The summed E-state index contributed by atoms with van der Waals surface area (Å²) in [6.45, 7) is 7.98. The number of aromatic nitrogens is 2. The van der Waals surface area contributed by atoms with E-state index >= 15 is 0 Å². The molecule has 19 heavy (non-hydrogen) atoms. The van der Waals surface area contributed by atoms with Crippen LogP contribution in [0.15, 0.2) is 4.52 Å². The van der Waals surface area contributed by atoms with Crippen molar-refractivity contribution < 1.29 is 9.26 Å². The molecule has 1 heterocycles. The van der Waals surface area contributed by atoms with Crippen LogP contribution in [0, 0.1) is 5.92 Å². The van der Waals surface area contributed by atoms with E-state index in [1.165, 1.54) is 12.8 Å².